The minimum Gasteiger partial charge on any atom is -0.208 e. The van der Waals surface area contributed by atoms with Crippen LogP contribution in [0, 0.1) is 23.7 Å². The van der Waals surface area contributed by atoms with Gasteiger partial charge in [-0.1, -0.05) is 152 Å². The van der Waals surface area contributed by atoms with Crippen LogP contribution >= 0.6 is 0 Å². The molecule has 0 N–H and O–H groups in total. The molecule has 3 aliphatic carbocycles. The first-order valence-electron chi connectivity index (χ1n) is 20.0. The quantitative estimate of drug-likeness (QED) is 0.162. The summed E-state index contributed by atoms with van der Waals surface area (Å²) in [6, 6.07) is 56.6. The molecule has 6 nitrogen and oxygen atoms in total. The zero-order valence-electron chi connectivity index (χ0n) is 31.1. The second kappa shape index (κ2) is 12.8. The number of nitrogens with zero attached hydrogens (tertiary/aromatic N) is 6. The van der Waals surface area contributed by atoms with Crippen molar-refractivity contribution in [2.45, 2.75) is 18.8 Å². The predicted molar refractivity (Wildman–Crippen MR) is 227 cm³/mol. The van der Waals surface area contributed by atoms with E-state index >= 15 is 0 Å². The summed E-state index contributed by atoms with van der Waals surface area (Å²) in [6.45, 7) is 0. The van der Waals surface area contributed by atoms with E-state index in [1.807, 2.05) is 48.5 Å². The highest BCUT2D eigenvalue weighted by atomic mass is 15.0. The lowest BCUT2D eigenvalue weighted by Gasteiger charge is -2.73. The summed E-state index contributed by atoms with van der Waals surface area (Å²) in [5.74, 6) is 8.36. The molecule has 6 heteroatoms. The van der Waals surface area contributed by atoms with Gasteiger partial charge in [0.15, 0.2) is 34.9 Å². The van der Waals surface area contributed by atoms with E-state index in [0.29, 0.717) is 34.9 Å². The molecule has 3 aliphatic rings. The maximum atomic E-state index is 5.20. The Morgan fingerprint density at radius 1 is 0.333 bits per heavy atom. The maximum Gasteiger partial charge on any atom is 0.164 e. The highest BCUT2D eigenvalue weighted by Crippen LogP contribution is 2.75. The molecule has 7 aromatic carbocycles. The van der Waals surface area contributed by atoms with Crippen LogP contribution in [0.25, 0.3) is 89.9 Å². The molecule has 3 fully saturated rings. The van der Waals surface area contributed by atoms with E-state index in [4.69, 9.17) is 29.9 Å². The third kappa shape index (κ3) is 5.24. The SMILES string of the molecule is c1ccc(-c2nc(-c3ccc(C4C5CC6CC4C65)cc3)nc(-c3ccc(-c4nc(-c5ccccc5)nc(-c5cccc6ccccc56)n4)c4ccccc34)n2)cc1. The Balaban J connectivity index is 0.999. The molecule has 0 amide bonds. The lowest BCUT2D eigenvalue weighted by Crippen LogP contribution is -2.65. The third-order valence-corrected chi connectivity index (χ3v) is 12.9. The number of rotatable bonds is 7. The van der Waals surface area contributed by atoms with Crippen LogP contribution in [0.15, 0.2) is 164 Å². The number of benzene rings is 7. The summed E-state index contributed by atoms with van der Waals surface area (Å²) < 4.78 is 0. The first-order chi connectivity index (χ1) is 28.2. The van der Waals surface area contributed by atoms with Crippen LogP contribution in [-0.2, 0) is 0 Å². The molecular weight excluding hydrogens is 697 g/mol. The summed E-state index contributed by atoms with van der Waals surface area (Å²) in [4.78, 5) is 30.8. The van der Waals surface area contributed by atoms with Gasteiger partial charge in [0.25, 0.3) is 0 Å². The first kappa shape index (κ1) is 32.3. The Morgan fingerprint density at radius 3 is 1.28 bits per heavy atom. The van der Waals surface area contributed by atoms with Gasteiger partial charge in [-0.05, 0) is 81.7 Å². The zero-order valence-corrected chi connectivity index (χ0v) is 31.1. The average molecular weight is 733 g/mol. The Morgan fingerprint density at radius 2 is 0.754 bits per heavy atom. The Labute approximate surface area is 330 Å². The molecule has 0 radical (unpaired) electrons. The lowest BCUT2D eigenvalue weighted by molar-refractivity contribution is -0.214. The van der Waals surface area contributed by atoms with Crippen LogP contribution in [0.4, 0.5) is 0 Å². The van der Waals surface area contributed by atoms with Crippen molar-refractivity contribution in [1.82, 2.24) is 29.9 Å². The second-order valence-corrected chi connectivity index (χ2v) is 15.9. The first-order valence-corrected chi connectivity index (χ1v) is 20.0. The van der Waals surface area contributed by atoms with E-state index in [9.17, 15) is 0 Å². The molecule has 270 valence electrons. The van der Waals surface area contributed by atoms with Crippen molar-refractivity contribution in [3.05, 3.63) is 169 Å². The van der Waals surface area contributed by atoms with Gasteiger partial charge in [-0.15, -0.1) is 0 Å². The molecule has 2 unspecified atom stereocenters. The average Bonchev–Trinajstić information content (AvgIpc) is 3.28. The van der Waals surface area contributed by atoms with Crippen LogP contribution in [0.2, 0.25) is 0 Å². The van der Waals surface area contributed by atoms with Gasteiger partial charge in [-0.25, -0.2) is 29.9 Å². The van der Waals surface area contributed by atoms with Crippen molar-refractivity contribution in [2.24, 2.45) is 23.7 Å². The Kier molecular flexibility index (Phi) is 7.27. The molecule has 9 aromatic rings. The van der Waals surface area contributed by atoms with Crippen molar-refractivity contribution >= 4 is 21.5 Å². The number of hydrogen-bond donors (Lipinski definition) is 0. The van der Waals surface area contributed by atoms with Crippen molar-refractivity contribution in [3.63, 3.8) is 0 Å². The highest BCUT2D eigenvalue weighted by molar-refractivity contribution is 6.04. The fourth-order valence-corrected chi connectivity index (χ4v) is 10.1. The van der Waals surface area contributed by atoms with E-state index < -0.39 is 0 Å². The van der Waals surface area contributed by atoms with E-state index in [-0.39, 0.29) is 0 Å². The summed E-state index contributed by atoms with van der Waals surface area (Å²) in [6.07, 6.45) is 2.84. The molecule has 2 heterocycles. The van der Waals surface area contributed by atoms with Crippen LogP contribution in [0.1, 0.15) is 24.3 Å². The molecular formula is C51H36N6. The van der Waals surface area contributed by atoms with E-state index in [1.165, 1.54) is 18.4 Å². The van der Waals surface area contributed by atoms with Gasteiger partial charge >= 0.3 is 0 Å². The number of aromatic nitrogens is 6. The van der Waals surface area contributed by atoms with Crippen molar-refractivity contribution in [2.75, 3.05) is 0 Å². The van der Waals surface area contributed by atoms with E-state index in [2.05, 4.69) is 115 Å². The zero-order chi connectivity index (χ0) is 37.5. The second-order valence-electron chi connectivity index (χ2n) is 15.9. The Hall–Kier alpha value is -6.92. The smallest absolute Gasteiger partial charge is 0.164 e. The highest BCUT2D eigenvalue weighted by Gasteiger charge is 2.67. The van der Waals surface area contributed by atoms with Gasteiger partial charge in [0.05, 0.1) is 0 Å². The van der Waals surface area contributed by atoms with Gasteiger partial charge in [0, 0.05) is 33.4 Å². The fourth-order valence-electron chi connectivity index (χ4n) is 10.1. The third-order valence-electron chi connectivity index (χ3n) is 12.9. The van der Waals surface area contributed by atoms with Gasteiger partial charge in [-0.2, -0.15) is 0 Å². The summed E-state index contributed by atoms with van der Waals surface area (Å²) >= 11 is 0. The Bertz CT molecular complexity index is 2980. The monoisotopic (exact) mass is 732 g/mol. The molecule has 0 aliphatic heterocycles. The van der Waals surface area contributed by atoms with E-state index in [1.54, 1.807) is 0 Å². The van der Waals surface area contributed by atoms with Crippen LogP contribution < -0.4 is 0 Å². The lowest BCUT2D eigenvalue weighted by atomic mass is 9.31. The van der Waals surface area contributed by atoms with Crippen LogP contribution in [0.5, 0.6) is 0 Å². The largest absolute Gasteiger partial charge is 0.208 e. The topological polar surface area (TPSA) is 77.3 Å². The fraction of sp³-hybridized carbons (Fsp3) is 0.137. The van der Waals surface area contributed by atoms with Crippen LogP contribution in [-0.4, -0.2) is 29.9 Å². The van der Waals surface area contributed by atoms with Gasteiger partial charge in [0.1, 0.15) is 0 Å². The molecule has 2 aromatic heterocycles. The van der Waals surface area contributed by atoms with Crippen molar-refractivity contribution < 1.29 is 0 Å². The summed E-state index contributed by atoms with van der Waals surface area (Å²) in [5.41, 5.74) is 7.14. The van der Waals surface area contributed by atoms with E-state index in [0.717, 1.165) is 84.5 Å². The summed E-state index contributed by atoms with van der Waals surface area (Å²) in [5, 5.41) is 4.24. The minimum atomic E-state index is 0.605. The maximum absolute atomic E-state index is 5.20. The molecule has 0 bridgehead atoms. The number of fused-ring (bicyclic) bond motifs is 2. The minimum absolute atomic E-state index is 0.605. The molecule has 12 rings (SSSR count). The predicted octanol–water partition coefficient (Wildman–Crippen LogP) is 11.7. The normalized spacial score (nSPS) is 20.3. The summed E-state index contributed by atoms with van der Waals surface area (Å²) in [7, 11) is 0. The van der Waals surface area contributed by atoms with Crippen molar-refractivity contribution in [3.8, 4) is 68.3 Å². The molecule has 0 spiro atoms. The standard InChI is InChI=1S/C51H36N6/c1-3-13-32(14-4-1)46-52-48(34-24-22-31(23-25-34)44-42-28-35-29-43(44)45(35)42)56-50(53-46)40-26-27-41(38-20-10-9-19-37(38)40)51-55-47(33-15-5-2-6-16-33)54-49(57-51)39-21-11-17-30-12-7-8-18-36(30)39/h1-27,35,42-45H,28-29H2. The molecule has 57 heavy (non-hydrogen) atoms. The van der Waals surface area contributed by atoms with Gasteiger partial charge < -0.3 is 0 Å². The molecule has 3 saturated carbocycles. The van der Waals surface area contributed by atoms with Crippen LogP contribution in [0.3, 0.4) is 0 Å². The van der Waals surface area contributed by atoms with Gasteiger partial charge in [0.2, 0.25) is 0 Å². The molecule has 2 atom stereocenters. The van der Waals surface area contributed by atoms with Gasteiger partial charge in [-0.3, -0.25) is 0 Å². The molecule has 0 saturated heterocycles. The number of hydrogen-bond acceptors (Lipinski definition) is 6. The van der Waals surface area contributed by atoms with Crippen molar-refractivity contribution in [1.29, 1.82) is 0 Å².